The fraction of sp³-hybridized carbons (Fsp3) is 0.238. The summed E-state index contributed by atoms with van der Waals surface area (Å²) >= 11 is 6.83. The Morgan fingerprint density at radius 1 is 1.12 bits per heavy atom. The van der Waals surface area contributed by atoms with E-state index >= 15 is 0 Å². The lowest BCUT2D eigenvalue weighted by atomic mass is 10.1. The molecule has 4 aromatic rings. The monoisotopic (exact) mass is 505 g/mol. The van der Waals surface area contributed by atoms with Crippen molar-refractivity contribution < 1.29 is 18.4 Å². The van der Waals surface area contributed by atoms with Gasteiger partial charge in [0, 0.05) is 25.7 Å². The number of thiazole rings is 1. The normalized spacial score (nSPS) is 12.5. The maximum Gasteiger partial charge on any atom is 0.272 e. The maximum atomic E-state index is 13.7. The number of nitrogens with zero attached hydrogens (tertiary/aromatic N) is 5. The van der Waals surface area contributed by atoms with E-state index in [0.717, 1.165) is 29.1 Å². The smallest absolute Gasteiger partial charge is 0.272 e. The summed E-state index contributed by atoms with van der Waals surface area (Å²) in [5, 5.41) is 5.52. The van der Waals surface area contributed by atoms with Crippen LogP contribution in [0.5, 0.6) is 0 Å². The molecule has 0 spiro atoms. The van der Waals surface area contributed by atoms with E-state index in [1.807, 2.05) is 7.05 Å². The van der Waals surface area contributed by atoms with Crippen LogP contribution >= 0.6 is 22.9 Å². The van der Waals surface area contributed by atoms with Gasteiger partial charge in [0.2, 0.25) is 0 Å². The van der Waals surface area contributed by atoms with Crippen LogP contribution in [0.2, 0.25) is 5.02 Å². The standard InChI is InChI=1S/C21H18ClF2N7O2S/c1-10(29-18(32)14-5-13-15(7-25-14)31(3)9-28-13)20-27-8-16(34-20)19(33)30-17-4-11(21(2,23)24)12(22)6-26-17/h4-10H,1-3H3,(H,29,32)(H,26,30,33). The summed E-state index contributed by atoms with van der Waals surface area (Å²) in [5.74, 6) is -4.26. The number of imidazole rings is 1. The third-order valence-electron chi connectivity index (χ3n) is 4.88. The predicted octanol–water partition coefficient (Wildman–Crippen LogP) is 4.33. The molecule has 13 heteroatoms. The van der Waals surface area contributed by atoms with Gasteiger partial charge in [0.15, 0.2) is 0 Å². The van der Waals surface area contributed by atoms with Gasteiger partial charge in [-0.2, -0.15) is 0 Å². The average Bonchev–Trinajstić information content (AvgIpc) is 3.41. The maximum absolute atomic E-state index is 13.7. The van der Waals surface area contributed by atoms with Crippen molar-refractivity contribution in [3.8, 4) is 0 Å². The third kappa shape index (κ3) is 4.87. The number of hydrogen-bond acceptors (Lipinski definition) is 7. The summed E-state index contributed by atoms with van der Waals surface area (Å²) in [6.45, 7) is 2.42. The Balaban J connectivity index is 1.43. The highest BCUT2D eigenvalue weighted by atomic mass is 35.5. The number of aryl methyl sites for hydroxylation is 1. The molecule has 1 atom stereocenters. The van der Waals surface area contributed by atoms with Crippen LogP contribution in [0.1, 0.15) is 50.6 Å². The fourth-order valence-corrected chi connectivity index (χ4v) is 4.18. The largest absolute Gasteiger partial charge is 0.342 e. The van der Waals surface area contributed by atoms with Gasteiger partial charge in [0.25, 0.3) is 17.7 Å². The summed E-state index contributed by atoms with van der Waals surface area (Å²) in [6.07, 6.45) is 5.59. The summed E-state index contributed by atoms with van der Waals surface area (Å²) in [6, 6.07) is 2.10. The number of amides is 2. The molecule has 4 aromatic heterocycles. The molecule has 0 aliphatic heterocycles. The van der Waals surface area contributed by atoms with Gasteiger partial charge in [-0.1, -0.05) is 11.6 Å². The van der Waals surface area contributed by atoms with Crippen LogP contribution in [-0.2, 0) is 13.0 Å². The summed E-state index contributed by atoms with van der Waals surface area (Å²) in [7, 11) is 1.83. The first-order valence-electron chi connectivity index (χ1n) is 9.92. The van der Waals surface area contributed by atoms with Crippen LogP contribution in [0.15, 0.2) is 37.1 Å². The van der Waals surface area contributed by atoms with Crippen molar-refractivity contribution in [3.63, 3.8) is 0 Å². The minimum atomic E-state index is -3.19. The number of hydrogen-bond donors (Lipinski definition) is 2. The predicted molar refractivity (Wildman–Crippen MR) is 123 cm³/mol. The van der Waals surface area contributed by atoms with Gasteiger partial charge >= 0.3 is 0 Å². The highest BCUT2D eigenvalue weighted by molar-refractivity contribution is 7.13. The van der Waals surface area contributed by atoms with E-state index in [2.05, 4.69) is 30.6 Å². The zero-order valence-corrected chi connectivity index (χ0v) is 19.7. The van der Waals surface area contributed by atoms with Crippen LogP contribution in [0.25, 0.3) is 11.0 Å². The highest BCUT2D eigenvalue weighted by Crippen LogP contribution is 2.33. The van der Waals surface area contributed by atoms with Gasteiger partial charge in [0.05, 0.1) is 40.8 Å². The molecular formula is C21H18ClF2N7O2S. The molecule has 176 valence electrons. The number of carbonyl (C=O) groups excluding carboxylic acids is 2. The molecule has 2 amide bonds. The van der Waals surface area contributed by atoms with Crippen LogP contribution in [0.3, 0.4) is 0 Å². The van der Waals surface area contributed by atoms with Crippen molar-refractivity contribution in [2.75, 3.05) is 5.32 Å². The first kappa shape index (κ1) is 23.6. The Kier molecular flexibility index (Phi) is 6.28. The van der Waals surface area contributed by atoms with Crippen molar-refractivity contribution in [2.24, 2.45) is 7.05 Å². The van der Waals surface area contributed by atoms with E-state index in [1.165, 1.54) is 6.20 Å². The van der Waals surface area contributed by atoms with E-state index in [0.29, 0.717) is 17.4 Å². The molecule has 0 radical (unpaired) electrons. The Morgan fingerprint density at radius 3 is 2.62 bits per heavy atom. The summed E-state index contributed by atoms with van der Waals surface area (Å²) in [4.78, 5) is 41.8. The summed E-state index contributed by atoms with van der Waals surface area (Å²) in [5.41, 5.74) is 1.19. The van der Waals surface area contributed by atoms with Crippen molar-refractivity contribution >= 4 is 51.6 Å². The third-order valence-corrected chi connectivity index (χ3v) is 6.36. The number of alkyl halides is 2. The van der Waals surface area contributed by atoms with Crippen LogP contribution in [0.4, 0.5) is 14.6 Å². The lowest BCUT2D eigenvalue weighted by Crippen LogP contribution is -2.27. The molecule has 0 fully saturated rings. The molecule has 2 N–H and O–H groups in total. The second-order valence-corrected chi connectivity index (χ2v) is 9.03. The van der Waals surface area contributed by atoms with E-state index < -0.39 is 29.3 Å². The first-order chi connectivity index (χ1) is 16.0. The van der Waals surface area contributed by atoms with Crippen LogP contribution in [0, 0.1) is 0 Å². The molecule has 4 rings (SSSR count). The average molecular weight is 506 g/mol. The Labute approximate surface area is 201 Å². The number of aromatic nitrogens is 5. The zero-order chi connectivity index (χ0) is 24.6. The number of nitrogens with one attached hydrogen (secondary N) is 2. The molecule has 34 heavy (non-hydrogen) atoms. The van der Waals surface area contributed by atoms with E-state index in [-0.39, 0.29) is 21.4 Å². The van der Waals surface area contributed by atoms with Gasteiger partial charge in [-0.3, -0.25) is 9.59 Å². The van der Waals surface area contributed by atoms with Crippen molar-refractivity contribution in [1.29, 1.82) is 0 Å². The highest BCUT2D eigenvalue weighted by Gasteiger charge is 2.28. The van der Waals surface area contributed by atoms with Crippen molar-refractivity contribution in [1.82, 2.24) is 29.8 Å². The molecule has 0 aliphatic carbocycles. The molecule has 0 aromatic carbocycles. The molecule has 0 aliphatic rings. The number of anilines is 1. The van der Waals surface area contributed by atoms with Gasteiger partial charge in [-0.05, 0) is 19.1 Å². The first-order valence-corrected chi connectivity index (χ1v) is 11.1. The number of pyridine rings is 2. The lowest BCUT2D eigenvalue weighted by Gasteiger charge is -2.13. The van der Waals surface area contributed by atoms with E-state index in [1.54, 1.807) is 30.1 Å². The lowest BCUT2D eigenvalue weighted by molar-refractivity contribution is 0.0175. The fourth-order valence-electron chi connectivity index (χ4n) is 3.09. The van der Waals surface area contributed by atoms with E-state index in [4.69, 9.17) is 11.6 Å². The number of fused-ring (bicyclic) bond motifs is 1. The molecule has 4 heterocycles. The Morgan fingerprint density at radius 2 is 1.88 bits per heavy atom. The second-order valence-electron chi connectivity index (χ2n) is 7.56. The van der Waals surface area contributed by atoms with Crippen molar-refractivity contribution in [2.45, 2.75) is 25.8 Å². The van der Waals surface area contributed by atoms with Crippen LogP contribution < -0.4 is 10.6 Å². The van der Waals surface area contributed by atoms with E-state index in [9.17, 15) is 18.4 Å². The molecule has 0 saturated heterocycles. The molecule has 9 nitrogen and oxygen atoms in total. The number of halogens is 3. The van der Waals surface area contributed by atoms with Crippen LogP contribution in [-0.4, -0.2) is 36.3 Å². The number of rotatable bonds is 6. The van der Waals surface area contributed by atoms with Gasteiger partial charge in [0.1, 0.15) is 21.4 Å². The molecule has 0 saturated carbocycles. The molecule has 1 unspecified atom stereocenters. The summed E-state index contributed by atoms with van der Waals surface area (Å²) < 4.78 is 29.1. The number of carbonyl (C=O) groups is 2. The second kappa shape index (κ2) is 9.03. The van der Waals surface area contributed by atoms with Gasteiger partial charge in [-0.15, -0.1) is 11.3 Å². The SMILES string of the molecule is CC(NC(=O)c1cc2ncn(C)c2cn1)c1ncc(C(=O)Nc2cc(C(C)(F)F)c(Cl)cn2)s1. The molecular weight excluding hydrogens is 488 g/mol. The van der Waals surface area contributed by atoms with Gasteiger partial charge in [-0.25, -0.2) is 28.7 Å². The quantitative estimate of drug-likeness (QED) is 0.403. The topological polar surface area (TPSA) is 115 Å². The molecule has 0 bridgehead atoms. The van der Waals surface area contributed by atoms with Crippen molar-refractivity contribution in [3.05, 3.63) is 63.2 Å². The Bertz CT molecular complexity index is 1400. The van der Waals surface area contributed by atoms with Gasteiger partial charge < -0.3 is 15.2 Å². The minimum absolute atomic E-state index is 0.0711. The minimum Gasteiger partial charge on any atom is -0.342 e. The Hall–Kier alpha value is -3.51. The zero-order valence-electron chi connectivity index (χ0n) is 18.1.